The predicted molar refractivity (Wildman–Crippen MR) is 123 cm³/mol. The molecule has 1 aromatic heterocycles. The smallest absolute Gasteiger partial charge is 0.231 e. The number of methoxy groups -OCH3 is 3. The Balaban J connectivity index is 1.42. The summed E-state index contributed by atoms with van der Waals surface area (Å²) in [4.78, 5) is 31.4. The van der Waals surface area contributed by atoms with Crippen LogP contribution in [0.2, 0.25) is 0 Å². The fraction of sp³-hybridized carbons (Fsp3) is 0.261. The first-order valence-corrected chi connectivity index (χ1v) is 10.8. The normalized spacial score (nSPS) is 15.5. The molecule has 0 unspecified atom stereocenters. The van der Waals surface area contributed by atoms with Gasteiger partial charge in [0.05, 0.1) is 32.9 Å². The number of anilines is 2. The molecule has 166 valence electrons. The zero-order chi connectivity index (χ0) is 22.7. The van der Waals surface area contributed by atoms with Crippen molar-refractivity contribution in [1.82, 2.24) is 4.98 Å². The summed E-state index contributed by atoms with van der Waals surface area (Å²) in [6.45, 7) is 0.324. The lowest BCUT2D eigenvalue weighted by Crippen LogP contribution is -2.28. The van der Waals surface area contributed by atoms with Gasteiger partial charge < -0.3 is 24.4 Å². The second kappa shape index (κ2) is 9.27. The van der Waals surface area contributed by atoms with E-state index in [0.29, 0.717) is 34.6 Å². The number of rotatable bonds is 7. The van der Waals surface area contributed by atoms with Crippen LogP contribution < -0.4 is 24.4 Å². The minimum atomic E-state index is -0.446. The Hall–Kier alpha value is -3.59. The lowest BCUT2D eigenvalue weighted by atomic mass is 10.1. The number of benzene rings is 2. The van der Waals surface area contributed by atoms with E-state index in [1.54, 1.807) is 38.4 Å². The Morgan fingerprint density at radius 3 is 2.50 bits per heavy atom. The third kappa shape index (κ3) is 4.38. The molecular weight excluding hydrogens is 430 g/mol. The monoisotopic (exact) mass is 453 g/mol. The highest BCUT2D eigenvalue weighted by atomic mass is 32.1. The first kappa shape index (κ1) is 21.6. The number of carbonyl (C=O) groups excluding carboxylic acids is 2. The van der Waals surface area contributed by atoms with E-state index in [2.05, 4.69) is 10.3 Å². The van der Waals surface area contributed by atoms with E-state index in [0.717, 1.165) is 11.3 Å². The molecule has 0 spiro atoms. The van der Waals surface area contributed by atoms with Crippen molar-refractivity contribution >= 4 is 34.0 Å². The van der Waals surface area contributed by atoms with E-state index in [1.165, 1.54) is 11.3 Å². The molecule has 8 nitrogen and oxygen atoms in total. The van der Waals surface area contributed by atoms with E-state index in [9.17, 15) is 9.59 Å². The Morgan fingerprint density at radius 2 is 1.81 bits per heavy atom. The van der Waals surface area contributed by atoms with E-state index in [1.807, 2.05) is 35.7 Å². The first-order chi connectivity index (χ1) is 15.5. The minimum Gasteiger partial charge on any atom is -0.497 e. The molecule has 3 aromatic rings. The Kier molecular flexibility index (Phi) is 6.27. The molecule has 1 saturated heterocycles. The van der Waals surface area contributed by atoms with Crippen LogP contribution in [0.1, 0.15) is 6.42 Å². The van der Waals surface area contributed by atoms with Crippen LogP contribution in [0.3, 0.4) is 0 Å². The van der Waals surface area contributed by atoms with Gasteiger partial charge in [0.25, 0.3) is 0 Å². The molecule has 0 aliphatic carbocycles. The molecule has 2 aromatic carbocycles. The summed E-state index contributed by atoms with van der Waals surface area (Å²) in [5, 5.41) is 5.19. The number of nitrogens with one attached hydrogen (secondary N) is 1. The third-order valence-corrected chi connectivity index (χ3v) is 6.05. The van der Waals surface area contributed by atoms with Crippen molar-refractivity contribution in [3.05, 3.63) is 47.8 Å². The molecule has 0 radical (unpaired) electrons. The second-order valence-electron chi connectivity index (χ2n) is 7.20. The summed E-state index contributed by atoms with van der Waals surface area (Å²) < 4.78 is 15.8. The number of hydrogen-bond acceptors (Lipinski definition) is 7. The Morgan fingerprint density at radius 1 is 1.06 bits per heavy atom. The molecule has 1 N–H and O–H groups in total. The summed E-state index contributed by atoms with van der Waals surface area (Å²) in [6.07, 6.45) is 0.159. The number of hydrogen-bond donors (Lipinski definition) is 1. The molecule has 2 heterocycles. The number of carbonyl (C=O) groups is 2. The summed E-state index contributed by atoms with van der Waals surface area (Å²) >= 11 is 1.33. The summed E-state index contributed by atoms with van der Waals surface area (Å²) in [5.74, 6) is 1.20. The van der Waals surface area contributed by atoms with Gasteiger partial charge in [0.1, 0.15) is 5.75 Å². The van der Waals surface area contributed by atoms with Gasteiger partial charge in [-0.2, -0.15) is 0 Å². The molecule has 1 aliphatic heterocycles. The largest absolute Gasteiger partial charge is 0.497 e. The minimum absolute atomic E-state index is 0.0829. The number of aromatic nitrogens is 1. The van der Waals surface area contributed by atoms with Crippen molar-refractivity contribution in [3.8, 4) is 28.5 Å². The molecule has 1 aliphatic rings. The number of nitrogens with zero attached hydrogens (tertiary/aromatic N) is 2. The second-order valence-corrected chi connectivity index (χ2v) is 8.06. The first-order valence-electron chi connectivity index (χ1n) is 9.95. The molecule has 0 saturated carbocycles. The predicted octanol–water partition coefficient (Wildman–Crippen LogP) is 3.83. The van der Waals surface area contributed by atoms with E-state index < -0.39 is 5.92 Å². The molecule has 0 bridgehead atoms. The molecule has 9 heteroatoms. The van der Waals surface area contributed by atoms with Crippen molar-refractivity contribution in [1.29, 1.82) is 0 Å². The topological polar surface area (TPSA) is 90.0 Å². The lowest BCUT2D eigenvalue weighted by molar-refractivity contribution is -0.122. The van der Waals surface area contributed by atoms with Crippen LogP contribution in [0.4, 0.5) is 10.8 Å². The molecular formula is C23H23N3O5S. The molecule has 1 atom stereocenters. The Bertz CT molecular complexity index is 1130. The summed E-state index contributed by atoms with van der Waals surface area (Å²) in [6, 6.07) is 12.7. The van der Waals surface area contributed by atoms with Crippen LogP contribution in [0.15, 0.2) is 47.8 Å². The fourth-order valence-electron chi connectivity index (χ4n) is 3.56. The average Bonchev–Trinajstić information content (AvgIpc) is 3.45. The lowest BCUT2D eigenvalue weighted by Gasteiger charge is -2.16. The highest BCUT2D eigenvalue weighted by Gasteiger charge is 2.35. The van der Waals surface area contributed by atoms with Crippen molar-refractivity contribution in [2.24, 2.45) is 5.92 Å². The van der Waals surface area contributed by atoms with Crippen LogP contribution in [0, 0.1) is 5.92 Å². The van der Waals surface area contributed by atoms with Gasteiger partial charge in [-0.1, -0.05) is 0 Å². The third-order valence-electron chi connectivity index (χ3n) is 5.29. The maximum absolute atomic E-state index is 12.8. The summed E-state index contributed by atoms with van der Waals surface area (Å²) in [5.41, 5.74) is 2.31. The van der Waals surface area contributed by atoms with Gasteiger partial charge in [0.2, 0.25) is 11.8 Å². The van der Waals surface area contributed by atoms with Gasteiger partial charge in [0, 0.05) is 29.6 Å². The molecule has 4 rings (SSSR count). The number of ether oxygens (including phenoxy) is 3. The molecule has 1 fully saturated rings. The van der Waals surface area contributed by atoms with Crippen LogP contribution in [-0.4, -0.2) is 44.7 Å². The van der Waals surface area contributed by atoms with Gasteiger partial charge in [-0.3, -0.25) is 9.59 Å². The van der Waals surface area contributed by atoms with Gasteiger partial charge >= 0.3 is 0 Å². The van der Waals surface area contributed by atoms with Gasteiger partial charge in [-0.05, 0) is 42.5 Å². The van der Waals surface area contributed by atoms with Gasteiger partial charge in [-0.25, -0.2) is 4.98 Å². The maximum atomic E-state index is 12.8. The standard InChI is InChI=1S/C23H23N3O5S/c1-29-17-7-5-16(6-8-17)26-12-15(11-21(26)27)22(28)25-23-24-18(13-32-23)14-4-9-19(30-2)20(10-14)31-3/h4-10,13,15H,11-12H2,1-3H3,(H,24,25,28)/t15-/m1/s1. The van der Waals surface area contributed by atoms with E-state index in [4.69, 9.17) is 14.2 Å². The highest BCUT2D eigenvalue weighted by Crippen LogP contribution is 2.34. The SMILES string of the molecule is COc1ccc(N2C[C@H](C(=O)Nc3nc(-c4ccc(OC)c(OC)c4)cs3)CC2=O)cc1. The average molecular weight is 454 g/mol. The molecule has 32 heavy (non-hydrogen) atoms. The van der Waals surface area contributed by atoms with Crippen molar-refractivity contribution in [3.63, 3.8) is 0 Å². The zero-order valence-electron chi connectivity index (χ0n) is 18.0. The summed E-state index contributed by atoms with van der Waals surface area (Å²) in [7, 11) is 4.75. The van der Waals surface area contributed by atoms with Crippen molar-refractivity contribution in [2.75, 3.05) is 38.1 Å². The van der Waals surface area contributed by atoms with Crippen LogP contribution in [0.5, 0.6) is 17.2 Å². The maximum Gasteiger partial charge on any atom is 0.231 e. The van der Waals surface area contributed by atoms with Crippen LogP contribution in [-0.2, 0) is 9.59 Å². The quantitative estimate of drug-likeness (QED) is 0.585. The van der Waals surface area contributed by atoms with Gasteiger partial charge in [0.15, 0.2) is 16.6 Å². The Labute approximate surface area is 189 Å². The van der Waals surface area contributed by atoms with Crippen LogP contribution in [0.25, 0.3) is 11.3 Å². The fourth-order valence-corrected chi connectivity index (χ4v) is 4.28. The van der Waals surface area contributed by atoms with E-state index in [-0.39, 0.29) is 18.2 Å². The number of thiazole rings is 1. The van der Waals surface area contributed by atoms with Gasteiger partial charge in [-0.15, -0.1) is 11.3 Å². The van der Waals surface area contributed by atoms with Crippen LogP contribution >= 0.6 is 11.3 Å². The number of amides is 2. The van der Waals surface area contributed by atoms with Crippen molar-refractivity contribution in [2.45, 2.75) is 6.42 Å². The highest BCUT2D eigenvalue weighted by molar-refractivity contribution is 7.14. The molecule has 2 amide bonds. The zero-order valence-corrected chi connectivity index (χ0v) is 18.8. The van der Waals surface area contributed by atoms with E-state index >= 15 is 0 Å². The van der Waals surface area contributed by atoms with Crippen molar-refractivity contribution < 1.29 is 23.8 Å².